The summed E-state index contributed by atoms with van der Waals surface area (Å²) in [6.07, 6.45) is 1.44. The minimum atomic E-state index is -0.430. The first kappa shape index (κ1) is 17.4. The summed E-state index contributed by atoms with van der Waals surface area (Å²) in [5.74, 6) is 0. The highest BCUT2D eigenvalue weighted by Gasteiger charge is 2.17. The molecule has 1 atom stereocenters. The van der Waals surface area contributed by atoms with E-state index in [0.29, 0.717) is 0 Å². The first-order valence-corrected chi connectivity index (χ1v) is 10.2. The summed E-state index contributed by atoms with van der Waals surface area (Å²) in [6.45, 7) is 2.99. The predicted octanol–water partition coefficient (Wildman–Crippen LogP) is 5.47. The van der Waals surface area contributed by atoms with Crippen LogP contribution in [-0.2, 0) is 13.0 Å². The van der Waals surface area contributed by atoms with Crippen LogP contribution >= 0.6 is 0 Å². The Balaban J connectivity index is 1.33. The molecule has 5 rings (SSSR count). The zero-order chi connectivity index (χ0) is 18.9. The Labute approximate surface area is 166 Å². The molecule has 0 saturated heterocycles. The number of hydrogen-bond acceptors (Lipinski definition) is 2. The van der Waals surface area contributed by atoms with Gasteiger partial charge in [0.25, 0.3) is 0 Å². The number of hydrogen-bond donors (Lipinski definition) is 1. The number of aliphatic hydroxyl groups is 1. The topological polar surface area (TPSA) is 23.5 Å². The van der Waals surface area contributed by atoms with Crippen LogP contribution in [0.1, 0.15) is 29.2 Å². The van der Waals surface area contributed by atoms with Gasteiger partial charge in [-0.05, 0) is 57.1 Å². The van der Waals surface area contributed by atoms with Crippen molar-refractivity contribution in [1.82, 2.24) is 4.90 Å². The molecule has 1 aliphatic heterocycles. The molecular formula is C26H25NO. The maximum atomic E-state index is 10.9. The van der Waals surface area contributed by atoms with Crippen LogP contribution in [0.3, 0.4) is 0 Å². The van der Waals surface area contributed by atoms with Crippen molar-refractivity contribution in [2.24, 2.45) is 0 Å². The average Bonchev–Trinajstić information content (AvgIpc) is 2.77. The molecule has 0 amide bonds. The van der Waals surface area contributed by atoms with E-state index in [2.05, 4.69) is 83.8 Å². The average molecular weight is 367 g/mol. The molecule has 28 heavy (non-hydrogen) atoms. The molecule has 0 aliphatic carbocycles. The summed E-state index contributed by atoms with van der Waals surface area (Å²) < 4.78 is 0. The minimum Gasteiger partial charge on any atom is -0.388 e. The van der Waals surface area contributed by atoms with E-state index in [-0.39, 0.29) is 0 Å². The lowest BCUT2D eigenvalue weighted by Crippen LogP contribution is -2.32. The lowest BCUT2D eigenvalue weighted by molar-refractivity contribution is 0.137. The molecule has 1 heterocycles. The van der Waals surface area contributed by atoms with E-state index in [1.807, 2.05) is 0 Å². The SMILES string of the molecule is OC(CCN1CCc2ccccc2C1)c1ccc2ccc3ccccc3c2c1. The van der Waals surface area contributed by atoms with Crippen LogP contribution in [0, 0.1) is 0 Å². The van der Waals surface area contributed by atoms with Gasteiger partial charge < -0.3 is 5.11 Å². The predicted molar refractivity (Wildman–Crippen MR) is 116 cm³/mol. The Morgan fingerprint density at radius 3 is 2.39 bits per heavy atom. The van der Waals surface area contributed by atoms with Gasteiger partial charge in [-0.1, -0.05) is 72.8 Å². The molecular weight excluding hydrogens is 342 g/mol. The Morgan fingerprint density at radius 2 is 1.50 bits per heavy atom. The van der Waals surface area contributed by atoms with Crippen molar-refractivity contribution in [3.05, 3.63) is 95.6 Å². The summed E-state index contributed by atoms with van der Waals surface area (Å²) in [5, 5.41) is 15.8. The fraction of sp³-hybridized carbons (Fsp3) is 0.231. The molecule has 4 aromatic carbocycles. The standard InChI is InChI=1S/C26H25NO/c28-26(14-16-27-15-13-19-5-1-2-7-23(19)18-27)22-12-11-21-10-9-20-6-3-4-8-24(20)25(21)17-22/h1-12,17,26,28H,13-16,18H2. The zero-order valence-corrected chi connectivity index (χ0v) is 16.0. The second kappa shape index (κ2) is 7.38. The van der Waals surface area contributed by atoms with Crippen LogP contribution in [0.5, 0.6) is 0 Å². The van der Waals surface area contributed by atoms with Gasteiger partial charge in [-0.2, -0.15) is 0 Å². The normalized spacial score (nSPS) is 15.6. The molecule has 1 N–H and O–H groups in total. The maximum Gasteiger partial charge on any atom is 0.0802 e. The van der Waals surface area contributed by atoms with Crippen molar-refractivity contribution in [3.63, 3.8) is 0 Å². The number of rotatable bonds is 4. The van der Waals surface area contributed by atoms with Gasteiger partial charge in [-0.15, -0.1) is 0 Å². The summed E-state index contributed by atoms with van der Waals surface area (Å²) >= 11 is 0. The zero-order valence-electron chi connectivity index (χ0n) is 16.0. The maximum absolute atomic E-state index is 10.9. The van der Waals surface area contributed by atoms with Crippen LogP contribution in [0.4, 0.5) is 0 Å². The van der Waals surface area contributed by atoms with E-state index >= 15 is 0 Å². The lowest BCUT2D eigenvalue weighted by Gasteiger charge is -2.29. The third-order valence-electron chi connectivity index (χ3n) is 6.08. The van der Waals surface area contributed by atoms with Gasteiger partial charge in [0, 0.05) is 19.6 Å². The first-order valence-electron chi connectivity index (χ1n) is 10.2. The fourth-order valence-electron chi connectivity index (χ4n) is 4.44. The van der Waals surface area contributed by atoms with E-state index < -0.39 is 6.10 Å². The third-order valence-corrected chi connectivity index (χ3v) is 6.08. The smallest absolute Gasteiger partial charge is 0.0802 e. The molecule has 0 radical (unpaired) electrons. The van der Waals surface area contributed by atoms with Crippen molar-refractivity contribution in [3.8, 4) is 0 Å². The molecule has 0 aromatic heterocycles. The molecule has 0 spiro atoms. The van der Waals surface area contributed by atoms with E-state index in [4.69, 9.17) is 0 Å². The number of fused-ring (bicyclic) bond motifs is 4. The van der Waals surface area contributed by atoms with Crippen LogP contribution in [-0.4, -0.2) is 23.1 Å². The molecule has 0 fully saturated rings. The van der Waals surface area contributed by atoms with Gasteiger partial charge in [0.1, 0.15) is 0 Å². The lowest BCUT2D eigenvalue weighted by atomic mass is 9.96. The highest BCUT2D eigenvalue weighted by molar-refractivity contribution is 6.07. The monoisotopic (exact) mass is 367 g/mol. The second-order valence-electron chi connectivity index (χ2n) is 7.87. The Hall–Kier alpha value is -2.68. The van der Waals surface area contributed by atoms with Gasteiger partial charge in [-0.3, -0.25) is 4.90 Å². The van der Waals surface area contributed by atoms with Crippen molar-refractivity contribution >= 4 is 21.5 Å². The van der Waals surface area contributed by atoms with E-state index in [1.165, 1.54) is 32.7 Å². The Morgan fingerprint density at radius 1 is 0.786 bits per heavy atom. The van der Waals surface area contributed by atoms with Crippen LogP contribution in [0.2, 0.25) is 0 Å². The molecule has 1 aliphatic rings. The third kappa shape index (κ3) is 3.30. The van der Waals surface area contributed by atoms with E-state index in [0.717, 1.165) is 38.0 Å². The fourth-order valence-corrected chi connectivity index (χ4v) is 4.44. The minimum absolute atomic E-state index is 0.430. The highest BCUT2D eigenvalue weighted by atomic mass is 16.3. The quantitative estimate of drug-likeness (QED) is 0.483. The largest absolute Gasteiger partial charge is 0.388 e. The molecule has 1 unspecified atom stereocenters. The molecule has 0 bridgehead atoms. The van der Waals surface area contributed by atoms with Crippen molar-refractivity contribution in [2.75, 3.05) is 13.1 Å². The number of benzene rings is 4. The summed E-state index contributed by atoms with van der Waals surface area (Å²) in [4.78, 5) is 2.46. The van der Waals surface area contributed by atoms with Gasteiger partial charge in [-0.25, -0.2) is 0 Å². The Kier molecular flexibility index (Phi) is 4.59. The molecule has 2 nitrogen and oxygen atoms in total. The van der Waals surface area contributed by atoms with Crippen LogP contribution in [0.15, 0.2) is 78.9 Å². The molecule has 4 aromatic rings. The summed E-state index contributed by atoms with van der Waals surface area (Å²) in [5.41, 5.74) is 3.92. The van der Waals surface area contributed by atoms with Gasteiger partial charge in [0.05, 0.1) is 6.10 Å². The van der Waals surface area contributed by atoms with Crippen LogP contribution < -0.4 is 0 Å². The van der Waals surface area contributed by atoms with Crippen molar-refractivity contribution in [1.29, 1.82) is 0 Å². The van der Waals surface area contributed by atoms with Gasteiger partial charge in [0.2, 0.25) is 0 Å². The van der Waals surface area contributed by atoms with E-state index in [1.54, 1.807) is 0 Å². The van der Waals surface area contributed by atoms with Crippen LogP contribution in [0.25, 0.3) is 21.5 Å². The highest BCUT2D eigenvalue weighted by Crippen LogP contribution is 2.29. The molecule has 140 valence electrons. The van der Waals surface area contributed by atoms with E-state index in [9.17, 15) is 5.11 Å². The van der Waals surface area contributed by atoms with Crippen molar-refractivity contribution < 1.29 is 5.11 Å². The molecule has 2 heteroatoms. The summed E-state index contributed by atoms with van der Waals surface area (Å²) in [7, 11) is 0. The van der Waals surface area contributed by atoms with Gasteiger partial charge >= 0.3 is 0 Å². The second-order valence-corrected chi connectivity index (χ2v) is 7.87. The van der Waals surface area contributed by atoms with Crippen molar-refractivity contribution in [2.45, 2.75) is 25.5 Å². The summed E-state index contributed by atoms with van der Waals surface area (Å²) in [6, 6.07) is 27.9. The van der Waals surface area contributed by atoms with Gasteiger partial charge in [0.15, 0.2) is 0 Å². The Bertz CT molecular complexity index is 1130. The number of nitrogens with zero attached hydrogens (tertiary/aromatic N) is 1. The first-order chi connectivity index (χ1) is 13.8. The molecule has 0 saturated carbocycles. The number of aliphatic hydroxyl groups excluding tert-OH is 1.